The van der Waals surface area contributed by atoms with Crippen LogP contribution >= 0.6 is 0 Å². The summed E-state index contributed by atoms with van der Waals surface area (Å²) in [6.45, 7) is 15.4. The van der Waals surface area contributed by atoms with Crippen molar-refractivity contribution in [3.05, 3.63) is 123 Å². The van der Waals surface area contributed by atoms with Crippen molar-refractivity contribution in [3.63, 3.8) is 0 Å². The van der Waals surface area contributed by atoms with Gasteiger partial charge in [-0.05, 0) is 125 Å². The van der Waals surface area contributed by atoms with Gasteiger partial charge in [0.25, 0.3) is 17.2 Å². The van der Waals surface area contributed by atoms with Gasteiger partial charge >= 0.3 is 0 Å². The van der Waals surface area contributed by atoms with E-state index in [4.69, 9.17) is 11.3 Å². The fourth-order valence-corrected chi connectivity index (χ4v) is 5.30. The number of hydrogen-bond acceptors (Lipinski definition) is 4. The third kappa shape index (κ3) is 6.74. The number of amides is 1. The molecule has 0 aliphatic rings. The van der Waals surface area contributed by atoms with Crippen LogP contribution in [0.3, 0.4) is 0 Å². The van der Waals surface area contributed by atoms with E-state index in [1.807, 2.05) is 94.7 Å². The van der Waals surface area contributed by atoms with E-state index < -0.39 is 0 Å². The standard InChI is InChI=1S/C36H37N5O3/c1-23-8-9-27(24(2)18-23)22-41-33(19-25(3)34(37-4)36(41)43)26-10-12-29(13-11-26)44-30-14-15-31-28(20-30)21-32(39-31)35(42)38-16-7-17-40(5)6/h8-15,18-21,39H,7,16-17,22H2,1-3,5-6H3,(H,38,42). The van der Waals surface area contributed by atoms with Crippen molar-refractivity contribution in [3.8, 4) is 22.8 Å². The van der Waals surface area contributed by atoms with E-state index in [1.165, 1.54) is 0 Å². The lowest BCUT2D eigenvalue weighted by atomic mass is 10.0. The second kappa shape index (κ2) is 13.0. The first kappa shape index (κ1) is 30.3. The lowest BCUT2D eigenvalue weighted by molar-refractivity contribution is 0.0948. The first-order valence-electron chi connectivity index (χ1n) is 14.6. The molecule has 1 amide bonds. The number of aromatic nitrogens is 2. The molecule has 2 aromatic heterocycles. The monoisotopic (exact) mass is 587 g/mol. The molecular formula is C36H37N5O3. The van der Waals surface area contributed by atoms with Gasteiger partial charge in [0, 0.05) is 23.1 Å². The highest BCUT2D eigenvalue weighted by molar-refractivity contribution is 5.98. The van der Waals surface area contributed by atoms with Crippen LogP contribution in [0.2, 0.25) is 0 Å². The fraction of sp³-hybridized carbons (Fsp3) is 0.250. The number of ether oxygens (including phenoxy) is 1. The molecule has 0 radical (unpaired) electrons. The van der Waals surface area contributed by atoms with Crippen molar-refractivity contribution in [1.82, 2.24) is 19.8 Å². The van der Waals surface area contributed by atoms with Gasteiger partial charge in [-0.2, -0.15) is 0 Å². The Kier molecular flexibility index (Phi) is 8.98. The predicted octanol–water partition coefficient (Wildman–Crippen LogP) is 6.99. The molecule has 2 N–H and O–H groups in total. The van der Waals surface area contributed by atoms with Crippen LogP contribution in [0.15, 0.2) is 77.6 Å². The number of carbonyl (C=O) groups is 1. The summed E-state index contributed by atoms with van der Waals surface area (Å²) in [7, 11) is 4.02. The SMILES string of the molecule is [C-]#[N+]c1c(C)cc(-c2ccc(Oc3ccc4[nH]c(C(=O)NCCCN(C)C)cc4c3)cc2)n(Cc2ccc(C)cc2C)c1=O. The number of benzene rings is 3. The number of aromatic amines is 1. The van der Waals surface area contributed by atoms with E-state index in [2.05, 4.69) is 26.1 Å². The Labute approximate surface area is 257 Å². The van der Waals surface area contributed by atoms with E-state index in [0.29, 0.717) is 35.8 Å². The minimum Gasteiger partial charge on any atom is -0.457 e. The zero-order valence-electron chi connectivity index (χ0n) is 25.8. The van der Waals surface area contributed by atoms with E-state index in [9.17, 15) is 9.59 Å². The zero-order chi connectivity index (χ0) is 31.4. The number of H-pyrrole nitrogens is 1. The van der Waals surface area contributed by atoms with E-state index in [1.54, 1.807) is 11.5 Å². The third-order valence-corrected chi connectivity index (χ3v) is 7.69. The summed E-state index contributed by atoms with van der Waals surface area (Å²) in [5, 5.41) is 3.84. The second-order valence-electron chi connectivity index (χ2n) is 11.5. The van der Waals surface area contributed by atoms with Crippen LogP contribution < -0.4 is 15.6 Å². The Hall–Kier alpha value is -5.13. The molecule has 8 nitrogen and oxygen atoms in total. The lowest BCUT2D eigenvalue weighted by Gasteiger charge is -2.17. The molecule has 224 valence electrons. The molecule has 0 unspecified atom stereocenters. The molecule has 0 atom stereocenters. The Morgan fingerprint density at radius 3 is 2.41 bits per heavy atom. The van der Waals surface area contributed by atoms with Gasteiger partial charge in [-0.25, -0.2) is 4.85 Å². The minimum atomic E-state index is -0.295. The van der Waals surface area contributed by atoms with Gasteiger partial charge in [0.1, 0.15) is 17.2 Å². The molecule has 0 bridgehead atoms. The summed E-state index contributed by atoms with van der Waals surface area (Å²) in [6.07, 6.45) is 0.881. The summed E-state index contributed by atoms with van der Waals surface area (Å²) < 4.78 is 7.84. The average Bonchev–Trinajstić information content (AvgIpc) is 3.42. The van der Waals surface area contributed by atoms with Gasteiger partial charge < -0.3 is 24.5 Å². The maximum atomic E-state index is 13.4. The van der Waals surface area contributed by atoms with Gasteiger partial charge in [0.15, 0.2) is 0 Å². The molecule has 44 heavy (non-hydrogen) atoms. The van der Waals surface area contributed by atoms with Crippen LogP contribution in [-0.2, 0) is 6.54 Å². The molecule has 5 aromatic rings. The first-order chi connectivity index (χ1) is 21.1. The molecule has 0 aliphatic carbocycles. The molecule has 0 saturated heterocycles. The number of pyridine rings is 1. The van der Waals surface area contributed by atoms with Crippen molar-refractivity contribution >= 4 is 22.5 Å². The van der Waals surface area contributed by atoms with E-state index in [0.717, 1.165) is 51.8 Å². The maximum absolute atomic E-state index is 13.4. The molecule has 3 aromatic carbocycles. The molecule has 0 aliphatic heterocycles. The predicted molar refractivity (Wildman–Crippen MR) is 176 cm³/mol. The number of fused-ring (bicyclic) bond motifs is 1. The number of nitrogens with one attached hydrogen (secondary N) is 2. The molecule has 5 rings (SSSR count). The van der Waals surface area contributed by atoms with Crippen LogP contribution in [0.5, 0.6) is 11.5 Å². The Balaban J connectivity index is 1.36. The van der Waals surface area contributed by atoms with Gasteiger partial charge in [-0.15, -0.1) is 0 Å². The Morgan fingerprint density at radius 1 is 0.955 bits per heavy atom. The van der Waals surface area contributed by atoms with Crippen LogP contribution in [0, 0.1) is 27.3 Å². The van der Waals surface area contributed by atoms with Gasteiger partial charge in [0.2, 0.25) is 0 Å². The quantitative estimate of drug-likeness (QED) is 0.136. The largest absolute Gasteiger partial charge is 0.457 e. The lowest BCUT2D eigenvalue weighted by Crippen LogP contribution is -2.27. The van der Waals surface area contributed by atoms with Gasteiger partial charge in [-0.1, -0.05) is 23.8 Å². The highest BCUT2D eigenvalue weighted by Crippen LogP contribution is 2.30. The smallest absolute Gasteiger partial charge is 0.267 e. The van der Waals surface area contributed by atoms with Crippen molar-refractivity contribution in [1.29, 1.82) is 0 Å². The van der Waals surface area contributed by atoms with Crippen LogP contribution in [0.1, 0.15) is 39.2 Å². The highest BCUT2D eigenvalue weighted by atomic mass is 16.5. The molecule has 0 spiro atoms. The number of rotatable bonds is 10. The highest BCUT2D eigenvalue weighted by Gasteiger charge is 2.16. The molecule has 8 heteroatoms. The normalized spacial score (nSPS) is 11.1. The average molecular weight is 588 g/mol. The topological polar surface area (TPSA) is 83.7 Å². The Morgan fingerprint density at radius 2 is 1.70 bits per heavy atom. The molecule has 0 saturated carbocycles. The number of nitrogens with zero attached hydrogens (tertiary/aromatic N) is 3. The van der Waals surface area contributed by atoms with Gasteiger partial charge in [-0.3, -0.25) is 9.59 Å². The molecular weight excluding hydrogens is 550 g/mol. The van der Waals surface area contributed by atoms with Crippen LogP contribution in [0.4, 0.5) is 5.69 Å². The van der Waals surface area contributed by atoms with Crippen LogP contribution in [-0.4, -0.2) is 47.5 Å². The first-order valence-corrected chi connectivity index (χ1v) is 14.6. The van der Waals surface area contributed by atoms with Gasteiger partial charge in [0.05, 0.1) is 13.1 Å². The van der Waals surface area contributed by atoms with Crippen LogP contribution in [0.25, 0.3) is 27.0 Å². The summed E-state index contributed by atoms with van der Waals surface area (Å²) in [5.74, 6) is 1.15. The minimum absolute atomic E-state index is 0.131. The molecule has 2 heterocycles. The van der Waals surface area contributed by atoms with Crippen molar-refractivity contribution in [2.45, 2.75) is 33.7 Å². The second-order valence-corrected chi connectivity index (χ2v) is 11.5. The summed E-state index contributed by atoms with van der Waals surface area (Å²) >= 11 is 0. The van der Waals surface area contributed by atoms with Crippen molar-refractivity contribution in [2.24, 2.45) is 0 Å². The van der Waals surface area contributed by atoms with E-state index >= 15 is 0 Å². The Bertz CT molecular complexity index is 1930. The zero-order valence-corrected chi connectivity index (χ0v) is 25.8. The summed E-state index contributed by atoms with van der Waals surface area (Å²) in [6, 6.07) is 23.2. The number of hydrogen-bond donors (Lipinski definition) is 2. The van der Waals surface area contributed by atoms with Crippen molar-refractivity contribution < 1.29 is 9.53 Å². The summed E-state index contributed by atoms with van der Waals surface area (Å²) in [4.78, 5) is 34.8. The third-order valence-electron chi connectivity index (χ3n) is 7.69. The molecule has 0 fully saturated rings. The van der Waals surface area contributed by atoms with Crippen molar-refractivity contribution in [2.75, 3.05) is 27.2 Å². The maximum Gasteiger partial charge on any atom is 0.267 e. The fourth-order valence-electron chi connectivity index (χ4n) is 5.30. The summed E-state index contributed by atoms with van der Waals surface area (Å²) in [5.41, 5.74) is 6.75. The van der Waals surface area contributed by atoms with E-state index in [-0.39, 0.29) is 17.2 Å². The number of aryl methyl sites for hydroxylation is 3. The number of carbonyl (C=O) groups excluding carboxylic acids is 1.